The summed E-state index contributed by atoms with van der Waals surface area (Å²) in [4.78, 5) is 13.7. The number of aliphatic hydroxyl groups is 1. The Bertz CT molecular complexity index is 466. The summed E-state index contributed by atoms with van der Waals surface area (Å²) in [6.45, 7) is 2.78. The van der Waals surface area contributed by atoms with Crippen molar-refractivity contribution in [2.24, 2.45) is 5.92 Å². The van der Waals surface area contributed by atoms with Crippen LogP contribution in [0.15, 0.2) is 22.7 Å². The van der Waals surface area contributed by atoms with Gasteiger partial charge in [-0.2, -0.15) is 0 Å². The standard InChI is InChI=1S/C13H15BrFNO2/c1-8-4-5-16(7-12(8)17)13(18)10-6-9(14)2-3-11(10)15/h2-3,6,8,12,17H,4-5,7H2,1H3. The first-order chi connectivity index (χ1) is 8.49. The van der Waals surface area contributed by atoms with E-state index in [2.05, 4.69) is 15.9 Å². The van der Waals surface area contributed by atoms with Gasteiger partial charge in [-0.1, -0.05) is 22.9 Å². The van der Waals surface area contributed by atoms with E-state index in [0.29, 0.717) is 11.0 Å². The van der Waals surface area contributed by atoms with Gasteiger partial charge in [0.15, 0.2) is 0 Å². The number of amides is 1. The second-order valence-electron chi connectivity index (χ2n) is 4.71. The minimum absolute atomic E-state index is 0.0473. The third kappa shape index (κ3) is 2.72. The van der Waals surface area contributed by atoms with Crippen molar-refractivity contribution in [2.75, 3.05) is 13.1 Å². The number of aliphatic hydroxyl groups excluding tert-OH is 1. The Balaban J connectivity index is 2.19. The van der Waals surface area contributed by atoms with E-state index in [1.165, 1.54) is 17.0 Å². The number of hydrogen-bond acceptors (Lipinski definition) is 2. The van der Waals surface area contributed by atoms with Crippen molar-refractivity contribution in [3.63, 3.8) is 0 Å². The zero-order valence-corrected chi connectivity index (χ0v) is 11.7. The van der Waals surface area contributed by atoms with Crippen LogP contribution in [0.3, 0.4) is 0 Å². The highest BCUT2D eigenvalue weighted by atomic mass is 79.9. The van der Waals surface area contributed by atoms with Gasteiger partial charge < -0.3 is 10.0 Å². The van der Waals surface area contributed by atoms with Crippen LogP contribution in [0.1, 0.15) is 23.7 Å². The van der Waals surface area contributed by atoms with E-state index in [1.54, 1.807) is 6.07 Å². The number of nitrogens with zero attached hydrogens (tertiary/aromatic N) is 1. The van der Waals surface area contributed by atoms with Crippen molar-refractivity contribution in [3.8, 4) is 0 Å². The molecule has 0 aliphatic carbocycles. The topological polar surface area (TPSA) is 40.5 Å². The second-order valence-corrected chi connectivity index (χ2v) is 5.62. The Kier molecular flexibility index (Phi) is 4.02. The summed E-state index contributed by atoms with van der Waals surface area (Å²) in [5.41, 5.74) is 0.0473. The molecule has 1 aromatic carbocycles. The summed E-state index contributed by atoms with van der Waals surface area (Å²) in [5, 5.41) is 9.77. The molecule has 5 heteroatoms. The highest BCUT2D eigenvalue weighted by Crippen LogP contribution is 2.22. The largest absolute Gasteiger partial charge is 0.391 e. The molecule has 0 aromatic heterocycles. The Morgan fingerprint density at radius 1 is 1.56 bits per heavy atom. The SMILES string of the molecule is CC1CCN(C(=O)c2cc(Br)ccc2F)CC1O. The first-order valence-corrected chi connectivity index (χ1v) is 6.70. The third-order valence-corrected chi connectivity index (χ3v) is 3.86. The van der Waals surface area contributed by atoms with Gasteiger partial charge in [0.2, 0.25) is 0 Å². The number of piperidine rings is 1. The molecule has 1 saturated heterocycles. The van der Waals surface area contributed by atoms with Gasteiger partial charge in [0.1, 0.15) is 5.82 Å². The molecule has 2 unspecified atom stereocenters. The monoisotopic (exact) mass is 315 g/mol. The number of carbonyl (C=O) groups excluding carboxylic acids is 1. The summed E-state index contributed by atoms with van der Waals surface area (Å²) < 4.78 is 14.3. The highest BCUT2D eigenvalue weighted by molar-refractivity contribution is 9.10. The van der Waals surface area contributed by atoms with Gasteiger partial charge >= 0.3 is 0 Å². The number of likely N-dealkylation sites (tertiary alicyclic amines) is 1. The molecular formula is C13H15BrFNO2. The molecular weight excluding hydrogens is 301 g/mol. The molecule has 2 atom stereocenters. The van der Waals surface area contributed by atoms with Crippen LogP contribution >= 0.6 is 15.9 Å². The van der Waals surface area contributed by atoms with Crippen LogP contribution in [0.4, 0.5) is 4.39 Å². The summed E-state index contributed by atoms with van der Waals surface area (Å²) >= 11 is 3.22. The quantitative estimate of drug-likeness (QED) is 0.864. The van der Waals surface area contributed by atoms with Crippen LogP contribution in [-0.4, -0.2) is 35.1 Å². The summed E-state index contributed by atoms with van der Waals surface area (Å²) in [7, 11) is 0. The summed E-state index contributed by atoms with van der Waals surface area (Å²) in [6, 6.07) is 4.29. The number of benzene rings is 1. The predicted molar refractivity (Wildman–Crippen MR) is 69.8 cm³/mol. The zero-order valence-electron chi connectivity index (χ0n) is 10.1. The van der Waals surface area contributed by atoms with E-state index in [4.69, 9.17) is 0 Å². The van der Waals surface area contributed by atoms with Crippen molar-refractivity contribution < 1.29 is 14.3 Å². The molecule has 1 aromatic rings. The van der Waals surface area contributed by atoms with Crippen LogP contribution < -0.4 is 0 Å². The van der Waals surface area contributed by atoms with Crippen molar-refractivity contribution in [3.05, 3.63) is 34.1 Å². The van der Waals surface area contributed by atoms with E-state index in [-0.39, 0.29) is 23.9 Å². The first kappa shape index (κ1) is 13.5. The fourth-order valence-corrected chi connectivity index (χ4v) is 2.43. The molecule has 98 valence electrons. The van der Waals surface area contributed by atoms with E-state index in [1.807, 2.05) is 6.92 Å². The molecule has 1 aliphatic heterocycles. The highest BCUT2D eigenvalue weighted by Gasteiger charge is 2.29. The van der Waals surface area contributed by atoms with Crippen LogP contribution in [-0.2, 0) is 0 Å². The van der Waals surface area contributed by atoms with Crippen molar-refractivity contribution in [2.45, 2.75) is 19.4 Å². The maximum Gasteiger partial charge on any atom is 0.256 e. The Morgan fingerprint density at radius 2 is 2.28 bits per heavy atom. The lowest BCUT2D eigenvalue weighted by Crippen LogP contribution is -2.46. The first-order valence-electron chi connectivity index (χ1n) is 5.91. The Hall–Kier alpha value is -0.940. The minimum atomic E-state index is -0.531. The number of halogens is 2. The molecule has 1 amide bonds. The number of carbonyl (C=O) groups is 1. The van der Waals surface area contributed by atoms with Crippen LogP contribution in [0.5, 0.6) is 0 Å². The van der Waals surface area contributed by atoms with Crippen LogP contribution in [0.2, 0.25) is 0 Å². The molecule has 1 aliphatic rings. The van der Waals surface area contributed by atoms with E-state index in [9.17, 15) is 14.3 Å². The van der Waals surface area contributed by atoms with E-state index < -0.39 is 11.9 Å². The normalized spacial score (nSPS) is 24.1. The molecule has 3 nitrogen and oxygen atoms in total. The van der Waals surface area contributed by atoms with Crippen LogP contribution in [0, 0.1) is 11.7 Å². The molecule has 18 heavy (non-hydrogen) atoms. The summed E-state index contributed by atoms with van der Waals surface area (Å²) in [5.74, 6) is -0.711. The van der Waals surface area contributed by atoms with Gasteiger partial charge in [-0.05, 0) is 30.5 Å². The van der Waals surface area contributed by atoms with Gasteiger partial charge in [0, 0.05) is 17.6 Å². The van der Waals surface area contributed by atoms with Crippen molar-refractivity contribution in [1.29, 1.82) is 0 Å². The smallest absolute Gasteiger partial charge is 0.256 e. The average Bonchev–Trinajstić information content (AvgIpc) is 2.35. The fraction of sp³-hybridized carbons (Fsp3) is 0.462. The molecule has 0 spiro atoms. The van der Waals surface area contributed by atoms with Gasteiger partial charge in [0.05, 0.1) is 11.7 Å². The fourth-order valence-electron chi connectivity index (χ4n) is 2.07. The van der Waals surface area contributed by atoms with E-state index in [0.717, 1.165) is 6.42 Å². The lowest BCUT2D eigenvalue weighted by Gasteiger charge is -2.34. The van der Waals surface area contributed by atoms with Gasteiger partial charge in [0.25, 0.3) is 5.91 Å². The van der Waals surface area contributed by atoms with Crippen LogP contribution in [0.25, 0.3) is 0 Å². The maximum atomic E-state index is 13.6. The third-order valence-electron chi connectivity index (χ3n) is 3.36. The van der Waals surface area contributed by atoms with Gasteiger partial charge in [-0.3, -0.25) is 4.79 Å². The minimum Gasteiger partial charge on any atom is -0.391 e. The molecule has 2 rings (SSSR count). The molecule has 0 radical (unpaired) electrons. The van der Waals surface area contributed by atoms with Crippen molar-refractivity contribution >= 4 is 21.8 Å². The number of β-amino-alcohol motifs (C(OH)–C–C–N with tert-alkyl or cyclic N) is 1. The molecule has 1 fully saturated rings. The van der Waals surface area contributed by atoms with Gasteiger partial charge in [-0.25, -0.2) is 4.39 Å². The number of hydrogen-bond donors (Lipinski definition) is 1. The predicted octanol–water partition coefficient (Wildman–Crippen LogP) is 2.43. The zero-order chi connectivity index (χ0) is 13.3. The van der Waals surface area contributed by atoms with Gasteiger partial charge in [-0.15, -0.1) is 0 Å². The maximum absolute atomic E-state index is 13.6. The van der Waals surface area contributed by atoms with E-state index >= 15 is 0 Å². The van der Waals surface area contributed by atoms with Crippen molar-refractivity contribution in [1.82, 2.24) is 4.90 Å². The lowest BCUT2D eigenvalue weighted by atomic mass is 9.95. The summed E-state index contributed by atoms with van der Waals surface area (Å²) in [6.07, 6.45) is 0.209. The Morgan fingerprint density at radius 3 is 2.94 bits per heavy atom. The average molecular weight is 316 g/mol. The molecule has 0 bridgehead atoms. The Labute approximate surface area is 114 Å². The molecule has 1 N–H and O–H groups in total. The molecule has 1 heterocycles. The molecule has 0 saturated carbocycles. The lowest BCUT2D eigenvalue weighted by molar-refractivity contribution is 0.0246. The number of rotatable bonds is 1. The second kappa shape index (κ2) is 5.36.